The van der Waals surface area contributed by atoms with Crippen LogP contribution in [0.3, 0.4) is 0 Å². The van der Waals surface area contributed by atoms with Gasteiger partial charge in [-0.05, 0) is 167 Å². The Kier molecular flexibility index (Phi) is 76.0. The first kappa shape index (κ1) is 104. The van der Waals surface area contributed by atoms with E-state index < -0.39 is 97.5 Å². The van der Waals surface area contributed by atoms with Gasteiger partial charge in [-0.15, -0.1) is 0 Å². The summed E-state index contributed by atoms with van der Waals surface area (Å²) in [6.45, 7) is 4.39. The molecule has 620 valence electrons. The van der Waals surface area contributed by atoms with Gasteiger partial charge in [0, 0.05) is 25.7 Å². The first-order valence-electron chi connectivity index (χ1n) is 41.3. The summed E-state index contributed by atoms with van der Waals surface area (Å²) in [4.78, 5) is 73.0. The second kappa shape index (κ2) is 80.7. The van der Waals surface area contributed by atoms with Gasteiger partial charge in [0.05, 0.1) is 26.4 Å². The van der Waals surface area contributed by atoms with Crippen LogP contribution in [-0.4, -0.2) is 96.7 Å². The fraction of sp³-hybridized carbons (Fsp3) is 0.582. The van der Waals surface area contributed by atoms with E-state index in [1.807, 2.05) is 54.7 Å². The van der Waals surface area contributed by atoms with Crippen molar-refractivity contribution in [3.05, 3.63) is 207 Å². The van der Waals surface area contributed by atoms with Crippen LogP contribution in [0.4, 0.5) is 0 Å². The summed E-state index contributed by atoms with van der Waals surface area (Å²) in [6.07, 6.45) is 101. The van der Waals surface area contributed by atoms with Gasteiger partial charge in [0.15, 0.2) is 12.2 Å². The van der Waals surface area contributed by atoms with Gasteiger partial charge in [-0.3, -0.25) is 37.3 Å². The number of esters is 4. The minimum atomic E-state index is -5.03. The van der Waals surface area contributed by atoms with Gasteiger partial charge in [0.1, 0.15) is 19.3 Å². The SMILES string of the molecule is CC/C=C\C/C=C\C/C=C\C/C=C\C/C=C\C/C=C\CCC(=O)O[C@H](COC(=O)CC/C=C\C/C=C\C/C=C\C/C=C\C/C=C\CCCCC)COP(=O)(O)OC[C@@H](O)COP(=O)(O)OC[C@@H](COC(=O)CCCCCCC/C=C\CCCCCC)OC(=O)CC/C=C\C/C=C\C/C=C\C/C=C\C/C=C\CCCCC. The number of carbonyl (C=O) groups is 4. The Bertz CT molecular complexity index is 2900. The number of phosphoric ester groups is 2. The molecule has 0 aliphatic heterocycles. The second-order valence-corrected chi connectivity index (χ2v) is 29.5. The Labute approximate surface area is 665 Å². The minimum Gasteiger partial charge on any atom is -0.462 e. The molecular formula is C91H144O17P2. The van der Waals surface area contributed by atoms with Gasteiger partial charge in [-0.2, -0.15) is 0 Å². The summed E-state index contributed by atoms with van der Waals surface area (Å²) in [7, 11) is -10.1. The average Bonchev–Trinajstić information content (AvgIpc) is 0.905. The lowest BCUT2D eigenvalue weighted by Gasteiger charge is -2.21. The Morgan fingerprint density at radius 1 is 0.264 bits per heavy atom. The van der Waals surface area contributed by atoms with Crippen LogP contribution in [0.5, 0.6) is 0 Å². The lowest BCUT2D eigenvalue weighted by Crippen LogP contribution is -2.30. The highest BCUT2D eigenvalue weighted by Gasteiger charge is 2.30. The van der Waals surface area contributed by atoms with Crippen LogP contribution >= 0.6 is 15.6 Å². The van der Waals surface area contributed by atoms with E-state index >= 15 is 0 Å². The normalized spacial score (nSPS) is 14.9. The summed E-state index contributed by atoms with van der Waals surface area (Å²) in [6, 6.07) is 0. The molecule has 3 N–H and O–H groups in total. The molecule has 0 heterocycles. The molecule has 0 rings (SSSR count). The molecule has 110 heavy (non-hydrogen) atoms. The van der Waals surface area contributed by atoms with E-state index in [-0.39, 0.29) is 25.7 Å². The molecule has 0 spiro atoms. The van der Waals surface area contributed by atoms with Crippen LogP contribution in [0.25, 0.3) is 0 Å². The molecule has 5 atom stereocenters. The van der Waals surface area contributed by atoms with Crippen molar-refractivity contribution in [3.63, 3.8) is 0 Å². The molecule has 2 unspecified atom stereocenters. The van der Waals surface area contributed by atoms with Gasteiger partial charge in [0.2, 0.25) is 0 Å². The molecular weight excluding hydrogens is 1430 g/mol. The van der Waals surface area contributed by atoms with E-state index in [0.717, 1.165) is 122 Å². The molecule has 0 aliphatic rings. The number of aliphatic hydroxyl groups excluding tert-OH is 1. The number of ether oxygens (including phenoxy) is 4. The van der Waals surface area contributed by atoms with Crippen molar-refractivity contribution in [3.8, 4) is 0 Å². The first-order valence-corrected chi connectivity index (χ1v) is 44.3. The summed E-state index contributed by atoms with van der Waals surface area (Å²) < 4.78 is 68.4. The Morgan fingerprint density at radius 2 is 0.491 bits per heavy atom. The van der Waals surface area contributed by atoms with Crippen molar-refractivity contribution in [1.82, 2.24) is 0 Å². The third kappa shape index (κ3) is 79.7. The fourth-order valence-electron chi connectivity index (χ4n) is 9.97. The van der Waals surface area contributed by atoms with Gasteiger partial charge >= 0.3 is 39.5 Å². The molecule has 0 aromatic rings. The molecule has 19 heteroatoms. The highest BCUT2D eigenvalue weighted by molar-refractivity contribution is 7.47. The van der Waals surface area contributed by atoms with Crippen LogP contribution in [-0.2, 0) is 65.4 Å². The quantitative estimate of drug-likeness (QED) is 0.0169. The van der Waals surface area contributed by atoms with E-state index in [1.54, 1.807) is 0 Å². The van der Waals surface area contributed by atoms with E-state index in [9.17, 15) is 43.2 Å². The summed E-state index contributed by atoms with van der Waals surface area (Å²) in [5.41, 5.74) is 0. The molecule has 0 aliphatic carbocycles. The topological polar surface area (TPSA) is 237 Å². The minimum absolute atomic E-state index is 0.0114. The molecule has 0 aromatic heterocycles. The average molecular weight is 1570 g/mol. The molecule has 17 nitrogen and oxygen atoms in total. The standard InChI is InChI=1S/C91H144O17P2/c1-5-9-13-17-21-25-29-33-36-39-42-45-48-52-56-60-64-68-72-76-89(94)102-82-87(108-91(96)78-74-70-66-62-58-54-50-47-44-41-38-35-31-27-23-19-15-11-7-3)84-106-110(99,100)104-80-85(92)79-103-109(97,98)105-83-86(81-101-88(93)75-71-67-63-59-55-51-32-28-24-20-16-12-8-4)107-90(95)77-73-69-65-61-57-53-49-46-43-40-37-34-30-26-22-18-14-10-6-2/h11,15,21-23,25-28,32-38,42-47,52-54,56-58,64-66,68-70,85-87,92H,5-10,12-14,16-20,24,29-31,39-41,48-51,55,59-63,67,71-84H2,1-4H3,(H,97,98)(H,99,100)/b15-11-,25-21-,26-22-,27-23-,32-28-,36-33-,37-34-,38-35-,45-42-,46-43-,47-44-,56-52-,57-53-,58-54-,68-64-,69-65-,70-66-/t85-,86+,87+/m0/s1. The molecule has 0 fully saturated rings. The predicted molar refractivity (Wildman–Crippen MR) is 454 cm³/mol. The number of phosphoric acid groups is 2. The summed E-state index contributed by atoms with van der Waals surface area (Å²) in [5, 5.41) is 10.7. The van der Waals surface area contributed by atoms with Crippen molar-refractivity contribution in [2.75, 3.05) is 39.6 Å². The maximum Gasteiger partial charge on any atom is 0.472 e. The van der Waals surface area contributed by atoms with Crippen molar-refractivity contribution >= 4 is 39.5 Å². The largest absolute Gasteiger partial charge is 0.472 e. The Balaban J connectivity index is 5.60. The van der Waals surface area contributed by atoms with E-state index in [2.05, 4.69) is 180 Å². The lowest BCUT2D eigenvalue weighted by atomic mass is 10.1. The van der Waals surface area contributed by atoms with E-state index in [4.69, 9.17) is 37.0 Å². The molecule has 0 amide bonds. The molecule has 0 saturated heterocycles. The number of rotatable bonds is 75. The van der Waals surface area contributed by atoms with Crippen LogP contribution in [0.2, 0.25) is 0 Å². The van der Waals surface area contributed by atoms with Gasteiger partial charge in [0.25, 0.3) is 0 Å². The number of hydrogen-bond acceptors (Lipinski definition) is 15. The van der Waals surface area contributed by atoms with E-state index in [1.165, 1.54) is 64.2 Å². The smallest absolute Gasteiger partial charge is 0.462 e. The van der Waals surface area contributed by atoms with Gasteiger partial charge in [-0.1, -0.05) is 298 Å². The highest BCUT2D eigenvalue weighted by Crippen LogP contribution is 2.45. The maximum atomic E-state index is 13.1. The van der Waals surface area contributed by atoms with Crippen molar-refractivity contribution < 1.29 is 80.2 Å². The highest BCUT2D eigenvalue weighted by atomic mass is 31.2. The van der Waals surface area contributed by atoms with Crippen molar-refractivity contribution in [2.45, 2.75) is 303 Å². The zero-order chi connectivity index (χ0) is 80.3. The number of unbranched alkanes of at least 4 members (excludes halogenated alkanes) is 15. The number of carbonyl (C=O) groups excluding carboxylic acids is 4. The summed E-state index contributed by atoms with van der Waals surface area (Å²) in [5.74, 6) is -2.50. The van der Waals surface area contributed by atoms with E-state index in [0.29, 0.717) is 44.9 Å². The molecule has 0 saturated carbocycles. The zero-order valence-corrected chi connectivity index (χ0v) is 69.6. The number of allylic oxidation sites excluding steroid dienone is 34. The summed E-state index contributed by atoms with van der Waals surface area (Å²) >= 11 is 0. The first-order chi connectivity index (χ1) is 53.7. The Morgan fingerprint density at radius 3 is 0.809 bits per heavy atom. The molecule has 0 bridgehead atoms. The molecule has 0 radical (unpaired) electrons. The maximum absolute atomic E-state index is 13.1. The zero-order valence-electron chi connectivity index (χ0n) is 67.8. The van der Waals surface area contributed by atoms with Crippen molar-refractivity contribution in [2.24, 2.45) is 0 Å². The van der Waals surface area contributed by atoms with Crippen molar-refractivity contribution in [1.29, 1.82) is 0 Å². The van der Waals surface area contributed by atoms with Crippen LogP contribution in [0, 0.1) is 0 Å². The fourth-order valence-corrected chi connectivity index (χ4v) is 11.5. The van der Waals surface area contributed by atoms with Gasteiger partial charge in [-0.25, -0.2) is 9.13 Å². The van der Waals surface area contributed by atoms with Crippen LogP contribution in [0.15, 0.2) is 207 Å². The monoisotopic (exact) mass is 1570 g/mol. The molecule has 0 aromatic carbocycles. The predicted octanol–water partition coefficient (Wildman–Crippen LogP) is 24.7. The lowest BCUT2D eigenvalue weighted by molar-refractivity contribution is -0.161. The number of aliphatic hydroxyl groups is 1. The Hall–Kier alpha value is -6.36. The third-order valence-electron chi connectivity index (χ3n) is 16.2. The number of hydrogen-bond donors (Lipinski definition) is 3. The van der Waals surface area contributed by atoms with Gasteiger partial charge < -0.3 is 33.8 Å². The van der Waals surface area contributed by atoms with Crippen LogP contribution < -0.4 is 0 Å². The third-order valence-corrected chi connectivity index (χ3v) is 18.1. The van der Waals surface area contributed by atoms with Crippen LogP contribution in [0.1, 0.15) is 285 Å². The second-order valence-electron chi connectivity index (χ2n) is 26.6.